The molecule has 11 heteroatoms. The first-order valence-corrected chi connectivity index (χ1v) is 8.68. The number of hydrogen-bond donors (Lipinski definition) is 1. The fourth-order valence-corrected chi connectivity index (χ4v) is 3.46. The standard InChI is InChI=1S/C17H15ClN6O4/c1-21-14-13(15(27)22(2)17(21)28)24(16(18)20-14)8-12(26)23-7-11(25)19-9-5-3-4-6-10(9)23/h3-6H,7-8H2,1-2H3,(H,19,25). The molecule has 1 aliphatic rings. The van der Waals surface area contributed by atoms with Gasteiger partial charge in [0.05, 0.1) is 11.4 Å². The fourth-order valence-electron chi connectivity index (χ4n) is 3.24. The van der Waals surface area contributed by atoms with Crippen LogP contribution in [-0.4, -0.2) is 37.0 Å². The summed E-state index contributed by atoms with van der Waals surface area (Å²) in [4.78, 5) is 55.0. The Kier molecular flexibility index (Phi) is 4.07. The Labute approximate surface area is 162 Å². The minimum absolute atomic E-state index is 0.0395. The van der Waals surface area contributed by atoms with Crippen LogP contribution in [0.4, 0.5) is 11.4 Å². The van der Waals surface area contributed by atoms with E-state index in [1.54, 1.807) is 24.3 Å². The number of aryl methyl sites for hydroxylation is 1. The predicted octanol–water partition coefficient (Wildman–Crippen LogP) is 0.0724. The van der Waals surface area contributed by atoms with Crippen LogP contribution in [0.15, 0.2) is 33.9 Å². The highest BCUT2D eigenvalue weighted by molar-refractivity contribution is 6.29. The third kappa shape index (κ3) is 2.61. The average Bonchev–Trinajstić information content (AvgIpc) is 3.00. The van der Waals surface area contributed by atoms with Gasteiger partial charge in [-0.1, -0.05) is 12.1 Å². The van der Waals surface area contributed by atoms with Crippen LogP contribution in [0.5, 0.6) is 0 Å². The number of aromatic nitrogens is 4. The van der Waals surface area contributed by atoms with Crippen LogP contribution >= 0.6 is 11.6 Å². The number of halogens is 1. The van der Waals surface area contributed by atoms with Gasteiger partial charge < -0.3 is 5.32 Å². The second-order valence-corrected chi connectivity index (χ2v) is 6.73. The SMILES string of the molecule is Cn1c(=O)c2c(nc(Cl)n2CC(=O)N2CC(=O)Nc3ccccc32)n(C)c1=O. The monoisotopic (exact) mass is 402 g/mol. The lowest BCUT2D eigenvalue weighted by Gasteiger charge is -2.29. The third-order valence-electron chi connectivity index (χ3n) is 4.67. The van der Waals surface area contributed by atoms with Crippen molar-refractivity contribution in [1.29, 1.82) is 0 Å². The molecular formula is C17H15ClN6O4. The molecule has 10 nitrogen and oxygen atoms in total. The molecule has 0 saturated heterocycles. The number of hydrogen-bond acceptors (Lipinski definition) is 5. The molecule has 0 aliphatic carbocycles. The van der Waals surface area contributed by atoms with E-state index in [-0.39, 0.29) is 35.4 Å². The van der Waals surface area contributed by atoms with E-state index in [0.717, 1.165) is 4.57 Å². The number of fused-ring (bicyclic) bond motifs is 2. The van der Waals surface area contributed by atoms with Crippen molar-refractivity contribution in [3.05, 3.63) is 50.4 Å². The van der Waals surface area contributed by atoms with Crippen LogP contribution in [0.1, 0.15) is 0 Å². The number of para-hydroxylation sites is 2. The molecule has 0 spiro atoms. The van der Waals surface area contributed by atoms with E-state index in [0.29, 0.717) is 11.4 Å². The van der Waals surface area contributed by atoms with Crippen LogP contribution in [0.3, 0.4) is 0 Å². The highest BCUT2D eigenvalue weighted by Crippen LogP contribution is 2.29. The molecule has 3 heterocycles. The summed E-state index contributed by atoms with van der Waals surface area (Å²) in [7, 11) is 2.80. The van der Waals surface area contributed by atoms with Crippen molar-refractivity contribution < 1.29 is 9.59 Å². The van der Waals surface area contributed by atoms with Crippen LogP contribution in [0.2, 0.25) is 5.28 Å². The van der Waals surface area contributed by atoms with E-state index in [4.69, 9.17) is 11.6 Å². The number of carbonyl (C=O) groups excluding carboxylic acids is 2. The Morgan fingerprint density at radius 3 is 2.64 bits per heavy atom. The number of nitrogens with one attached hydrogen (secondary N) is 1. The van der Waals surface area contributed by atoms with E-state index < -0.39 is 17.2 Å². The molecule has 3 aromatic rings. The van der Waals surface area contributed by atoms with Gasteiger partial charge in [0, 0.05) is 14.1 Å². The van der Waals surface area contributed by atoms with Crippen molar-refractivity contribution in [2.45, 2.75) is 6.54 Å². The van der Waals surface area contributed by atoms with E-state index in [1.807, 2.05) is 0 Å². The summed E-state index contributed by atoms with van der Waals surface area (Å²) in [5.41, 5.74) is 0.0363. The number of anilines is 2. The lowest BCUT2D eigenvalue weighted by atomic mass is 10.2. The second kappa shape index (κ2) is 6.34. The van der Waals surface area contributed by atoms with Gasteiger partial charge in [-0.25, -0.2) is 4.79 Å². The number of amides is 2. The molecule has 0 saturated carbocycles. The molecule has 0 bridgehead atoms. The molecule has 2 amide bonds. The number of rotatable bonds is 2. The minimum atomic E-state index is -0.609. The number of benzene rings is 1. The largest absolute Gasteiger partial charge is 0.332 e. The summed E-state index contributed by atoms with van der Waals surface area (Å²) in [6.07, 6.45) is 0. The lowest BCUT2D eigenvalue weighted by Crippen LogP contribution is -2.44. The smallest absolute Gasteiger partial charge is 0.323 e. The van der Waals surface area contributed by atoms with Crippen LogP contribution in [0.25, 0.3) is 11.2 Å². The normalized spacial score (nSPS) is 13.5. The Bertz CT molecular complexity index is 1270. The Morgan fingerprint density at radius 2 is 1.89 bits per heavy atom. The van der Waals surface area contributed by atoms with Gasteiger partial charge in [-0.3, -0.25) is 33.0 Å². The third-order valence-corrected chi connectivity index (χ3v) is 4.96. The van der Waals surface area contributed by atoms with Gasteiger partial charge in [-0.15, -0.1) is 0 Å². The molecule has 0 radical (unpaired) electrons. The molecular weight excluding hydrogens is 388 g/mol. The quantitative estimate of drug-likeness (QED) is 0.610. The topological polar surface area (TPSA) is 111 Å². The van der Waals surface area contributed by atoms with Crippen LogP contribution < -0.4 is 21.5 Å². The van der Waals surface area contributed by atoms with Gasteiger partial charge in [-0.05, 0) is 23.7 Å². The van der Waals surface area contributed by atoms with Crippen LogP contribution in [-0.2, 0) is 30.2 Å². The van der Waals surface area contributed by atoms with Gasteiger partial charge in [0.1, 0.15) is 13.1 Å². The van der Waals surface area contributed by atoms with E-state index >= 15 is 0 Å². The molecule has 28 heavy (non-hydrogen) atoms. The number of carbonyl (C=O) groups is 2. The molecule has 0 unspecified atom stereocenters. The molecule has 1 N–H and O–H groups in total. The summed E-state index contributed by atoms with van der Waals surface area (Å²) in [6.45, 7) is -0.471. The Hall–Kier alpha value is -3.40. The maximum absolute atomic E-state index is 13.0. The van der Waals surface area contributed by atoms with Crippen molar-refractivity contribution in [2.75, 3.05) is 16.8 Å². The molecule has 0 atom stereocenters. The minimum Gasteiger partial charge on any atom is -0.323 e. The first kappa shape index (κ1) is 18.0. The first-order chi connectivity index (χ1) is 13.3. The van der Waals surface area contributed by atoms with Crippen LogP contribution in [0, 0.1) is 0 Å². The van der Waals surface area contributed by atoms with Gasteiger partial charge in [0.15, 0.2) is 11.2 Å². The molecule has 1 aromatic carbocycles. The van der Waals surface area contributed by atoms with Gasteiger partial charge in [0.2, 0.25) is 17.1 Å². The van der Waals surface area contributed by atoms with Crippen molar-refractivity contribution >= 4 is 46.0 Å². The fraction of sp³-hybridized carbons (Fsp3) is 0.235. The van der Waals surface area contributed by atoms with Crippen molar-refractivity contribution in [2.24, 2.45) is 14.1 Å². The first-order valence-electron chi connectivity index (χ1n) is 8.30. The summed E-state index contributed by atoms with van der Waals surface area (Å²) < 4.78 is 3.36. The van der Waals surface area contributed by atoms with Crippen molar-refractivity contribution in [3.63, 3.8) is 0 Å². The average molecular weight is 403 g/mol. The molecule has 2 aromatic heterocycles. The maximum atomic E-state index is 13.0. The van der Waals surface area contributed by atoms with Gasteiger partial charge in [0.25, 0.3) is 5.56 Å². The van der Waals surface area contributed by atoms with Gasteiger partial charge in [-0.2, -0.15) is 4.98 Å². The number of imidazole rings is 1. The summed E-state index contributed by atoms with van der Waals surface area (Å²) in [5, 5.41) is 2.60. The van der Waals surface area contributed by atoms with E-state index in [9.17, 15) is 19.2 Å². The maximum Gasteiger partial charge on any atom is 0.332 e. The molecule has 4 rings (SSSR count). The second-order valence-electron chi connectivity index (χ2n) is 6.39. The number of nitrogens with zero attached hydrogens (tertiary/aromatic N) is 5. The summed E-state index contributed by atoms with van der Waals surface area (Å²) in [5.74, 6) is -0.772. The zero-order valence-corrected chi connectivity index (χ0v) is 15.7. The van der Waals surface area contributed by atoms with E-state index in [1.165, 1.54) is 28.1 Å². The zero-order chi connectivity index (χ0) is 20.2. The molecule has 144 valence electrons. The zero-order valence-electron chi connectivity index (χ0n) is 15.0. The predicted molar refractivity (Wildman–Crippen MR) is 103 cm³/mol. The lowest BCUT2D eigenvalue weighted by molar-refractivity contribution is -0.122. The summed E-state index contributed by atoms with van der Waals surface area (Å²) in [6, 6.07) is 6.90. The van der Waals surface area contributed by atoms with E-state index in [2.05, 4.69) is 10.3 Å². The molecule has 1 aliphatic heterocycles. The highest BCUT2D eigenvalue weighted by atomic mass is 35.5. The molecule has 0 fully saturated rings. The summed E-state index contributed by atoms with van der Waals surface area (Å²) >= 11 is 6.17. The van der Waals surface area contributed by atoms with Gasteiger partial charge >= 0.3 is 5.69 Å². The van der Waals surface area contributed by atoms with Crippen molar-refractivity contribution in [3.8, 4) is 0 Å². The van der Waals surface area contributed by atoms with Crippen molar-refractivity contribution in [1.82, 2.24) is 18.7 Å². The Balaban J connectivity index is 1.81. The Morgan fingerprint density at radius 1 is 1.18 bits per heavy atom. The highest BCUT2D eigenvalue weighted by Gasteiger charge is 2.28.